The third kappa shape index (κ3) is 3.24. The van der Waals surface area contributed by atoms with Crippen LogP contribution in [0.5, 0.6) is 0 Å². The van der Waals surface area contributed by atoms with Crippen molar-refractivity contribution in [1.29, 1.82) is 0 Å². The average Bonchev–Trinajstić information content (AvgIpc) is 2.86. The summed E-state index contributed by atoms with van der Waals surface area (Å²) in [6.45, 7) is 9.64. The van der Waals surface area contributed by atoms with Crippen molar-refractivity contribution in [2.24, 2.45) is 0 Å². The second-order valence-corrected chi connectivity index (χ2v) is 8.41. The van der Waals surface area contributed by atoms with Gasteiger partial charge in [0.05, 0.1) is 11.7 Å². The van der Waals surface area contributed by atoms with Crippen LogP contribution in [0.1, 0.15) is 51.0 Å². The summed E-state index contributed by atoms with van der Waals surface area (Å²) in [6.07, 6.45) is 2.27. The fraction of sp³-hybridized carbons (Fsp3) is 0.765. The van der Waals surface area contributed by atoms with E-state index in [1.165, 1.54) is 10.4 Å². The third-order valence-electron chi connectivity index (χ3n) is 4.47. The molecular formula is C17H27NO3S. The van der Waals surface area contributed by atoms with E-state index >= 15 is 0 Å². The molecule has 1 aromatic heterocycles. The number of hydrogen-bond acceptors (Lipinski definition) is 5. The van der Waals surface area contributed by atoms with Crippen molar-refractivity contribution in [2.45, 2.75) is 70.7 Å². The van der Waals surface area contributed by atoms with Crippen molar-refractivity contribution in [2.75, 3.05) is 13.1 Å². The number of ether oxygens (including phenoxy) is 2. The lowest BCUT2D eigenvalue weighted by atomic mass is 9.84. The molecule has 0 saturated carbocycles. The van der Waals surface area contributed by atoms with Gasteiger partial charge in [0.25, 0.3) is 0 Å². The molecule has 0 radical (unpaired) electrons. The Morgan fingerprint density at radius 3 is 2.73 bits per heavy atom. The number of aliphatic hydroxyl groups excluding tert-OH is 1. The topological polar surface area (TPSA) is 41.9 Å². The SMILES string of the molecule is C[C@@H]1Cc2ccsc2C2(CCN(C(O)OC(C)(C)C)CC2)O1. The lowest BCUT2D eigenvalue weighted by Crippen LogP contribution is -2.52. The number of fused-ring (bicyclic) bond motifs is 2. The molecule has 0 amide bonds. The van der Waals surface area contributed by atoms with Crippen LogP contribution >= 0.6 is 11.3 Å². The van der Waals surface area contributed by atoms with Crippen LogP contribution in [0.4, 0.5) is 0 Å². The summed E-state index contributed by atoms with van der Waals surface area (Å²) < 4.78 is 12.1. The van der Waals surface area contributed by atoms with Gasteiger partial charge in [0.2, 0.25) is 6.41 Å². The summed E-state index contributed by atoms with van der Waals surface area (Å²) in [6, 6.07) is 2.24. The summed E-state index contributed by atoms with van der Waals surface area (Å²) in [5, 5.41) is 12.4. The Morgan fingerprint density at radius 1 is 1.41 bits per heavy atom. The van der Waals surface area contributed by atoms with Crippen molar-refractivity contribution in [3.8, 4) is 0 Å². The molecular weight excluding hydrogens is 298 g/mol. The Hall–Kier alpha value is -0.460. The van der Waals surface area contributed by atoms with E-state index in [0.717, 1.165) is 32.4 Å². The van der Waals surface area contributed by atoms with E-state index in [9.17, 15) is 5.11 Å². The van der Waals surface area contributed by atoms with Gasteiger partial charge in [-0.25, -0.2) is 0 Å². The van der Waals surface area contributed by atoms with Gasteiger partial charge in [-0.3, -0.25) is 4.90 Å². The number of hydrogen-bond donors (Lipinski definition) is 1. The van der Waals surface area contributed by atoms with Gasteiger partial charge in [-0.05, 0) is 64.0 Å². The third-order valence-corrected chi connectivity index (χ3v) is 5.61. The summed E-state index contributed by atoms with van der Waals surface area (Å²) in [4.78, 5) is 3.41. The van der Waals surface area contributed by atoms with Crippen LogP contribution in [-0.2, 0) is 21.5 Å². The van der Waals surface area contributed by atoms with Crippen molar-refractivity contribution >= 4 is 11.3 Å². The molecule has 1 spiro atoms. The van der Waals surface area contributed by atoms with Gasteiger partial charge >= 0.3 is 0 Å². The van der Waals surface area contributed by atoms with Crippen LogP contribution in [0.25, 0.3) is 0 Å². The zero-order valence-electron chi connectivity index (χ0n) is 14.0. The minimum Gasteiger partial charge on any atom is -0.366 e. The van der Waals surface area contributed by atoms with E-state index in [1.54, 1.807) is 0 Å². The normalized spacial score (nSPS) is 26.9. The van der Waals surface area contributed by atoms with Crippen molar-refractivity contribution in [3.63, 3.8) is 0 Å². The lowest BCUT2D eigenvalue weighted by Gasteiger charge is -2.46. The van der Waals surface area contributed by atoms with E-state index in [1.807, 2.05) is 37.0 Å². The molecule has 1 saturated heterocycles. The summed E-state index contributed by atoms with van der Waals surface area (Å²) in [5.41, 5.74) is 0.952. The molecule has 5 heteroatoms. The maximum atomic E-state index is 10.3. The molecule has 0 bridgehead atoms. The number of rotatable bonds is 2. The molecule has 1 N–H and O–H groups in total. The van der Waals surface area contributed by atoms with Crippen LogP contribution in [0, 0.1) is 0 Å². The van der Waals surface area contributed by atoms with Crippen LogP contribution in [0.2, 0.25) is 0 Å². The van der Waals surface area contributed by atoms with Gasteiger partial charge in [0.15, 0.2) is 0 Å². The fourth-order valence-electron chi connectivity index (χ4n) is 3.53. The first-order valence-electron chi connectivity index (χ1n) is 8.14. The number of likely N-dealkylation sites (tertiary alicyclic amines) is 1. The van der Waals surface area contributed by atoms with Crippen molar-refractivity contribution < 1.29 is 14.6 Å². The first kappa shape index (κ1) is 16.4. The van der Waals surface area contributed by atoms with E-state index in [0.29, 0.717) is 0 Å². The molecule has 22 heavy (non-hydrogen) atoms. The molecule has 2 atom stereocenters. The van der Waals surface area contributed by atoms with E-state index in [2.05, 4.69) is 18.4 Å². The summed E-state index contributed by atoms with van der Waals surface area (Å²) in [5.74, 6) is 0. The van der Waals surface area contributed by atoms with E-state index in [-0.39, 0.29) is 17.3 Å². The van der Waals surface area contributed by atoms with Crippen LogP contribution in [0.15, 0.2) is 11.4 Å². The summed E-state index contributed by atoms with van der Waals surface area (Å²) in [7, 11) is 0. The van der Waals surface area contributed by atoms with Crippen LogP contribution in [0.3, 0.4) is 0 Å². The first-order valence-corrected chi connectivity index (χ1v) is 9.02. The minimum atomic E-state index is -0.832. The highest BCUT2D eigenvalue weighted by molar-refractivity contribution is 7.10. The molecule has 1 fully saturated rings. The van der Waals surface area contributed by atoms with Gasteiger partial charge in [-0.15, -0.1) is 11.3 Å². The second-order valence-electron chi connectivity index (χ2n) is 7.49. The lowest BCUT2D eigenvalue weighted by molar-refractivity contribution is -0.253. The molecule has 1 unspecified atom stereocenters. The van der Waals surface area contributed by atoms with Crippen molar-refractivity contribution in [3.05, 3.63) is 21.9 Å². The standard InChI is InChI=1S/C17H27NO3S/c1-12-11-13-5-10-22-14(13)17(20-12)6-8-18(9-7-17)15(19)21-16(2,3)4/h5,10,12,15,19H,6-9,11H2,1-4H3/t12-,15?/m1/s1. The Bertz CT molecular complexity index is 514. The zero-order valence-corrected chi connectivity index (χ0v) is 14.8. The van der Waals surface area contributed by atoms with Gasteiger partial charge in [0.1, 0.15) is 5.60 Å². The van der Waals surface area contributed by atoms with Crippen LogP contribution in [-0.4, -0.2) is 41.2 Å². The van der Waals surface area contributed by atoms with Gasteiger partial charge in [-0.2, -0.15) is 0 Å². The predicted molar refractivity (Wildman–Crippen MR) is 87.9 cm³/mol. The Morgan fingerprint density at radius 2 is 2.09 bits per heavy atom. The Balaban J connectivity index is 1.69. The quantitative estimate of drug-likeness (QED) is 0.849. The van der Waals surface area contributed by atoms with E-state index in [4.69, 9.17) is 9.47 Å². The van der Waals surface area contributed by atoms with Crippen molar-refractivity contribution in [1.82, 2.24) is 4.90 Å². The second kappa shape index (κ2) is 5.87. The maximum absolute atomic E-state index is 10.3. The van der Waals surface area contributed by atoms with Gasteiger partial charge < -0.3 is 14.6 Å². The molecule has 3 rings (SSSR count). The molecule has 3 heterocycles. The van der Waals surface area contributed by atoms with Gasteiger partial charge in [0, 0.05) is 18.0 Å². The molecule has 4 nitrogen and oxygen atoms in total. The molecule has 0 aliphatic carbocycles. The molecule has 0 aromatic carbocycles. The molecule has 2 aliphatic rings. The molecule has 124 valence electrons. The highest BCUT2D eigenvalue weighted by Gasteiger charge is 2.44. The Kier molecular flexibility index (Phi) is 4.38. The fourth-order valence-corrected chi connectivity index (χ4v) is 4.67. The highest BCUT2D eigenvalue weighted by atomic mass is 32.1. The summed E-state index contributed by atoms with van der Waals surface area (Å²) >= 11 is 1.82. The number of aliphatic hydroxyl groups is 1. The van der Waals surface area contributed by atoms with Crippen LogP contribution < -0.4 is 0 Å². The van der Waals surface area contributed by atoms with Gasteiger partial charge in [-0.1, -0.05) is 0 Å². The number of piperidine rings is 1. The van der Waals surface area contributed by atoms with E-state index < -0.39 is 6.41 Å². The Labute approximate surface area is 137 Å². The molecule has 2 aliphatic heterocycles. The number of thiophene rings is 1. The smallest absolute Gasteiger partial charge is 0.216 e. The minimum absolute atomic E-state index is 0.154. The molecule has 1 aromatic rings. The zero-order chi connectivity index (χ0) is 16.0. The average molecular weight is 325 g/mol. The first-order chi connectivity index (χ1) is 10.3. The predicted octanol–water partition coefficient (Wildman–Crippen LogP) is 3.09. The highest BCUT2D eigenvalue weighted by Crippen LogP contribution is 2.46. The monoisotopic (exact) mass is 325 g/mol. The number of nitrogens with zero attached hydrogens (tertiary/aromatic N) is 1. The maximum Gasteiger partial charge on any atom is 0.216 e. The largest absolute Gasteiger partial charge is 0.366 e.